The maximum absolute atomic E-state index is 6.20. The van der Waals surface area contributed by atoms with Crippen molar-refractivity contribution in [2.24, 2.45) is 0 Å². The zero-order valence-electron chi connectivity index (χ0n) is 11.6. The van der Waals surface area contributed by atoms with Crippen LogP contribution in [-0.4, -0.2) is 21.4 Å². The Morgan fingerprint density at radius 1 is 1.33 bits per heavy atom. The molecular weight excluding hydrogens is 240 g/mol. The first kappa shape index (κ1) is 15.0. The number of benzene rings is 1. The van der Waals surface area contributed by atoms with E-state index >= 15 is 0 Å². The molecule has 1 rings (SSSR count). The Morgan fingerprint density at radius 2 is 2.06 bits per heavy atom. The van der Waals surface area contributed by atoms with Crippen LogP contribution in [0, 0.1) is 0 Å². The number of hydrogen-bond donors (Lipinski definition) is 0. The minimum absolute atomic E-state index is 0.206. The van der Waals surface area contributed by atoms with Crippen LogP contribution in [0.1, 0.15) is 32.8 Å². The summed E-state index contributed by atoms with van der Waals surface area (Å²) in [7, 11) is -0.990. The summed E-state index contributed by atoms with van der Waals surface area (Å²) in [4.78, 5) is 0. The smallest absolute Gasteiger partial charge is 0.310 e. The van der Waals surface area contributed by atoms with Crippen molar-refractivity contribution in [3.8, 4) is 5.75 Å². The molecule has 0 saturated carbocycles. The lowest BCUT2D eigenvalue weighted by Gasteiger charge is -2.23. The molecule has 0 aromatic heterocycles. The molecule has 0 bridgehead atoms. The van der Waals surface area contributed by atoms with Gasteiger partial charge in [-0.3, -0.25) is 0 Å². The van der Waals surface area contributed by atoms with E-state index in [0.29, 0.717) is 0 Å². The van der Waals surface area contributed by atoms with Gasteiger partial charge in [0.15, 0.2) is 0 Å². The minimum Gasteiger partial charge on any atom is -0.539 e. The lowest BCUT2D eigenvalue weighted by atomic mass is 10.2. The SMILES string of the molecule is C=Cc1ccccc1O[Si](CCC)C(C)OCC. The van der Waals surface area contributed by atoms with Crippen LogP contribution in [0.5, 0.6) is 5.75 Å². The van der Waals surface area contributed by atoms with Gasteiger partial charge in [-0.15, -0.1) is 0 Å². The average molecular weight is 263 g/mol. The van der Waals surface area contributed by atoms with Crippen molar-refractivity contribution in [1.82, 2.24) is 0 Å². The topological polar surface area (TPSA) is 18.5 Å². The second kappa shape index (κ2) is 8.11. The van der Waals surface area contributed by atoms with Crippen molar-refractivity contribution in [2.75, 3.05) is 6.61 Å². The summed E-state index contributed by atoms with van der Waals surface area (Å²) in [5.74, 6) is 0.932. The van der Waals surface area contributed by atoms with Crippen LogP contribution in [-0.2, 0) is 4.74 Å². The van der Waals surface area contributed by atoms with E-state index in [-0.39, 0.29) is 5.73 Å². The lowest BCUT2D eigenvalue weighted by molar-refractivity contribution is 0.118. The molecule has 99 valence electrons. The molecule has 0 saturated heterocycles. The fourth-order valence-corrected chi connectivity index (χ4v) is 3.80. The fraction of sp³-hybridized carbons (Fsp3) is 0.467. The molecule has 0 aliphatic carbocycles. The van der Waals surface area contributed by atoms with Crippen LogP contribution < -0.4 is 4.43 Å². The standard InChI is InChI=1S/C15H23O2Si/c1-5-12-18(13(4)16-7-3)17-15-11-9-8-10-14(15)6-2/h6,8-11,13H,2,5,7,12H2,1,3-4H3. The highest BCUT2D eigenvalue weighted by Crippen LogP contribution is 2.22. The molecule has 18 heavy (non-hydrogen) atoms. The molecule has 3 heteroatoms. The molecule has 0 spiro atoms. The monoisotopic (exact) mass is 263 g/mol. The van der Waals surface area contributed by atoms with Gasteiger partial charge < -0.3 is 9.16 Å². The molecule has 0 aliphatic rings. The molecule has 1 aromatic rings. The average Bonchev–Trinajstić information content (AvgIpc) is 2.39. The number of rotatable bonds is 8. The summed E-state index contributed by atoms with van der Waals surface area (Å²) in [6.07, 6.45) is 2.97. The Kier molecular flexibility index (Phi) is 6.76. The van der Waals surface area contributed by atoms with Crippen molar-refractivity contribution < 1.29 is 9.16 Å². The highest BCUT2D eigenvalue weighted by atomic mass is 28.3. The van der Waals surface area contributed by atoms with Crippen molar-refractivity contribution >= 4 is 15.1 Å². The molecule has 1 aromatic carbocycles. The number of hydrogen-bond acceptors (Lipinski definition) is 2. The third-order valence-corrected chi connectivity index (χ3v) is 5.29. The normalized spacial score (nSPS) is 12.4. The highest BCUT2D eigenvalue weighted by molar-refractivity contribution is 6.54. The zero-order valence-corrected chi connectivity index (χ0v) is 12.6. The maximum Gasteiger partial charge on any atom is 0.310 e. The molecule has 0 aliphatic heterocycles. The second-order valence-electron chi connectivity index (χ2n) is 4.16. The third kappa shape index (κ3) is 4.31. The Morgan fingerprint density at radius 3 is 2.67 bits per heavy atom. The van der Waals surface area contributed by atoms with Crippen LogP contribution in [0.25, 0.3) is 6.08 Å². The van der Waals surface area contributed by atoms with Crippen LogP contribution in [0.15, 0.2) is 30.8 Å². The van der Waals surface area contributed by atoms with E-state index in [2.05, 4.69) is 20.4 Å². The molecule has 0 amide bonds. The van der Waals surface area contributed by atoms with E-state index in [0.717, 1.165) is 30.4 Å². The molecule has 1 unspecified atom stereocenters. The van der Waals surface area contributed by atoms with Crippen LogP contribution in [0.2, 0.25) is 6.04 Å². The van der Waals surface area contributed by atoms with Crippen LogP contribution in [0.4, 0.5) is 0 Å². The van der Waals surface area contributed by atoms with Gasteiger partial charge in [0, 0.05) is 12.2 Å². The highest BCUT2D eigenvalue weighted by Gasteiger charge is 2.24. The maximum atomic E-state index is 6.20. The first-order valence-electron chi connectivity index (χ1n) is 6.59. The largest absolute Gasteiger partial charge is 0.539 e. The molecule has 1 atom stereocenters. The molecule has 2 nitrogen and oxygen atoms in total. The lowest BCUT2D eigenvalue weighted by Crippen LogP contribution is -2.37. The molecule has 0 heterocycles. The van der Waals surface area contributed by atoms with E-state index < -0.39 is 9.04 Å². The van der Waals surface area contributed by atoms with E-state index in [1.165, 1.54) is 0 Å². The van der Waals surface area contributed by atoms with Gasteiger partial charge in [0.25, 0.3) is 0 Å². The second-order valence-corrected chi connectivity index (χ2v) is 6.61. The van der Waals surface area contributed by atoms with Gasteiger partial charge >= 0.3 is 9.04 Å². The van der Waals surface area contributed by atoms with Crippen molar-refractivity contribution in [2.45, 2.75) is 39.0 Å². The van der Waals surface area contributed by atoms with Gasteiger partial charge in [0.2, 0.25) is 0 Å². The van der Waals surface area contributed by atoms with Gasteiger partial charge in [-0.1, -0.05) is 44.2 Å². The first-order valence-corrected chi connectivity index (χ1v) is 8.28. The van der Waals surface area contributed by atoms with Crippen molar-refractivity contribution in [3.05, 3.63) is 36.4 Å². The molecule has 0 N–H and O–H groups in total. The van der Waals surface area contributed by atoms with Gasteiger partial charge in [0.1, 0.15) is 5.75 Å². The Labute approximate surface area is 112 Å². The molecular formula is C15H23O2Si. The number of para-hydroxylation sites is 1. The van der Waals surface area contributed by atoms with Crippen molar-refractivity contribution in [3.63, 3.8) is 0 Å². The van der Waals surface area contributed by atoms with E-state index in [4.69, 9.17) is 9.16 Å². The Balaban J connectivity index is 2.78. The number of ether oxygens (including phenoxy) is 1. The van der Waals surface area contributed by atoms with Gasteiger partial charge in [-0.05, 0) is 26.0 Å². The Bertz CT molecular complexity index is 365. The fourth-order valence-electron chi connectivity index (χ4n) is 1.81. The van der Waals surface area contributed by atoms with Gasteiger partial charge in [-0.25, -0.2) is 0 Å². The first-order chi connectivity index (χ1) is 8.72. The molecule has 1 radical (unpaired) electrons. The summed E-state index contributed by atoms with van der Waals surface area (Å²) in [6, 6.07) is 9.13. The van der Waals surface area contributed by atoms with E-state index in [9.17, 15) is 0 Å². The summed E-state index contributed by atoms with van der Waals surface area (Å²) in [6.45, 7) is 10.9. The summed E-state index contributed by atoms with van der Waals surface area (Å²) < 4.78 is 11.9. The Hall–Kier alpha value is -1.06. The van der Waals surface area contributed by atoms with E-state index in [1.807, 2.05) is 37.3 Å². The van der Waals surface area contributed by atoms with Gasteiger partial charge in [-0.2, -0.15) is 0 Å². The third-order valence-electron chi connectivity index (χ3n) is 2.75. The summed E-state index contributed by atoms with van der Waals surface area (Å²) in [5, 5.41) is 0. The van der Waals surface area contributed by atoms with E-state index in [1.54, 1.807) is 0 Å². The predicted molar refractivity (Wildman–Crippen MR) is 79.1 cm³/mol. The summed E-state index contributed by atoms with van der Waals surface area (Å²) in [5.41, 5.74) is 1.26. The quantitative estimate of drug-likeness (QED) is 0.658. The minimum atomic E-state index is -0.990. The molecule has 0 fully saturated rings. The van der Waals surface area contributed by atoms with Gasteiger partial charge in [0.05, 0.1) is 5.73 Å². The predicted octanol–water partition coefficient (Wildman–Crippen LogP) is 4.07. The zero-order chi connectivity index (χ0) is 13.4. The summed E-state index contributed by atoms with van der Waals surface area (Å²) >= 11 is 0. The van der Waals surface area contributed by atoms with Crippen molar-refractivity contribution in [1.29, 1.82) is 0 Å². The van der Waals surface area contributed by atoms with Crippen LogP contribution >= 0.6 is 0 Å². The van der Waals surface area contributed by atoms with Crippen LogP contribution in [0.3, 0.4) is 0 Å².